The third kappa shape index (κ3) is 4.64. The summed E-state index contributed by atoms with van der Waals surface area (Å²) in [5.41, 5.74) is 4.09. The number of halogens is 1. The van der Waals surface area contributed by atoms with Crippen LogP contribution in [0.4, 0.5) is 5.69 Å². The minimum Gasteiger partial charge on any atom is -0.279 e. The normalized spacial score (nSPS) is 11.8. The minimum absolute atomic E-state index is 0.218. The second-order valence-electron chi connectivity index (χ2n) is 7.63. The average Bonchev–Trinajstić information content (AvgIpc) is 3.43. The van der Waals surface area contributed by atoms with E-state index in [2.05, 4.69) is 15.2 Å². The Morgan fingerprint density at radius 1 is 0.829 bits per heavy atom. The van der Waals surface area contributed by atoms with Crippen molar-refractivity contribution in [1.82, 2.24) is 5.43 Å². The zero-order valence-electron chi connectivity index (χ0n) is 18.1. The first-order valence-corrected chi connectivity index (χ1v) is 13.3. The molecular formula is C26H18ClN3O3S2. The van der Waals surface area contributed by atoms with E-state index in [1.165, 1.54) is 30.3 Å². The zero-order chi connectivity index (χ0) is 24.4. The third-order valence-electron chi connectivity index (χ3n) is 5.43. The number of carbonyl (C=O) groups excluding carboxylic acids is 1. The second kappa shape index (κ2) is 9.50. The minimum atomic E-state index is -3.65. The number of hydrogen-bond donors (Lipinski definition) is 2. The Bertz CT molecular complexity index is 1620. The van der Waals surface area contributed by atoms with Gasteiger partial charge in [-0.05, 0) is 46.5 Å². The van der Waals surface area contributed by atoms with Crippen molar-refractivity contribution in [3.63, 3.8) is 0 Å². The number of benzene rings is 4. The lowest BCUT2D eigenvalue weighted by Gasteiger charge is -2.10. The lowest BCUT2D eigenvalue weighted by atomic mass is 9.97. The van der Waals surface area contributed by atoms with Gasteiger partial charge in [0.2, 0.25) is 0 Å². The van der Waals surface area contributed by atoms with Crippen LogP contribution in [0.1, 0.15) is 15.9 Å². The number of nitrogens with zero attached hydrogens (tertiary/aromatic N) is 1. The number of amides is 1. The molecule has 0 atom stereocenters. The molecule has 4 aromatic carbocycles. The summed E-state index contributed by atoms with van der Waals surface area (Å²) in [5, 5.41) is 10.2. The molecule has 2 N–H and O–H groups in total. The van der Waals surface area contributed by atoms with Crippen molar-refractivity contribution in [2.45, 2.75) is 4.21 Å². The van der Waals surface area contributed by atoms with Gasteiger partial charge in [-0.15, -0.1) is 11.3 Å². The smallest absolute Gasteiger partial charge is 0.271 e. The maximum atomic E-state index is 12.6. The van der Waals surface area contributed by atoms with E-state index in [1.54, 1.807) is 17.7 Å². The van der Waals surface area contributed by atoms with Crippen molar-refractivity contribution in [1.29, 1.82) is 0 Å². The standard InChI is InChI=1S/C26H18ClN3O3S2/c27-25-21-8-3-1-6-19(21)23(20-7-2-4-9-22(20)25)16-28-29-26(31)17-11-13-18(14-12-17)30-35(32,33)24-10-5-15-34-24/h1-16,30H,(H,29,31)/b28-16+. The predicted octanol–water partition coefficient (Wildman–Crippen LogP) is 6.27. The summed E-state index contributed by atoms with van der Waals surface area (Å²) < 4.78 is 27.4. The van der Waals surface area contributed by atoms with Gasteiger partial charge < -0.3 is 0 Å². The van der Waals surface area contributed by atoms with E-state index in [1.807, 2.05) is 48.5 Å². The van der Waals surface area contributed by atoms with E-state index in [-0.39, 0.29) is 4.21 Å². The number of rotatable bonds is 6. The highest BCUT2D eigenvalue weighted by Crippen LogP contribution is 2.35. The van der Waals surface area contributed by atoms with Gasteiger partial charge in [0.15, 0.2) is 0 Å². The first kappa shape index (κ1) is 23.0. The Labute approximate surface area is 210 Å². The van der Waals surface area contributed by atoms with Gasteiger partial charge in [0.05, 0.1) is 11.2 Å². The average molecular weight is 520 g/mol. The summed E-state index contributed by atoms with van der Waals surface area (Å²) in [5.74, 6) is -0.420. The monoisotopic (exact) mass is 519 g/mol. The molecule has 0 bridgehead atoms. The molecule has 0 radical (unpaired) electrons. The van der Waals surface area contributed by atoms with Crippen molar-refractivity contribution in [2.75, 3.05) is 4.72 Å². The maximum absolute atomic E-state index is 12.6. The number of nitrogens with one attached hydrogen (secondary N) is 2. The van der Waals surface area contributed by atoms with Crippen LogP contribution in [0, 0.1) is 0 Å². The second-order valence-corrected chi connectivity index (χ2v) is 10.9. The fourth-order valence-corrected chi connectivity index (χ4v) is 6.16. The maximum Gasteiger partial charge on any atom is 0.271 e. The summed E-state index contributed by atoms with van der Waals surface area (Å²) in [6.07, 6.45) is 1.61. The van der Waals surface area contributed by atoms with Crippen LogP contribution in [-0.2, 0) is 10.0 Å². The number of hydrogen-bond acceptors (Lipinski definition) is 5. The molecule has 35 heavy (non-hydrogen) atoms. The van der Waals surface area contributed by atoms with Crippen LogP contribution in [0.25, 0.3) is 21.5 Å². The lowest BCUT2D eigenvalue weighted by Crippen LogP contribution is -2.18. The third-order valence-corrected chi connectivity index (χ3v) is 8.61. The van der Waals surface area contributed by atoms with E-state index >= 15 is 0 Å². The molecule has 0 saturated carbocycles. The van der Waals surface area contributed by atoms with Crippen LogP contribution in [-0.4, -0.2) is 20.5 Å². The molecule has 0 unspecified atom stereocenters. The van der Waals surface area contributed by atoms with Crippen molar-refractivity contribution in [3.8, 4) is 0 Å². The van der Waals surface area contributed by atoms with Crippen LogP contribution in [0.5, 0.6) is 0 Å². The molecule has 0 aliphatic carbocycles. The van der Waals surface area contributed by atoms with Crippen LogP contribution in [0.2, 0.25) is 5.02 Å². The topological polar surface area (TPSA) is 87.6 Å². The summed E-state index contributed by atoms with van der Waals surface area (Å²) in [6.45, 7) is 0. The van der Waals surface area contributed by atoms with Crippen molar-refractivity contribution < 1.29 is 13.2 Å². The van der Waals surface area contributed by atoms with Gasteiger partial charge >= 0.3 is 0 Å². The molecule has 6 nitrogen and oxygen atoms in total. The number of anilines is 1. The van der Waals surface area contributed by atoms with Gasteiger partial charge in [-0.25, -0.2) is 13.8 Å². The van der Waals surface area contributed by atoms with E-state index in [0.29, 0.717) is 16.3 Å². The molecule has 1 heterocycles. The van der Waals surface area contributed by atoms with E-state index in [4.69, 9.17) is 11.6 Å². The van der Waals surface area contributed by atoms with Gasteiger partial charge in [-0.1, -0.05) is 66.2 Å². The molecule has 0 aliphatic heterocycles. The molecule has 0 saturated heterocycles. The summed E-state index contributed by atoms with van der Waals surface area (Å²) in [6, 6.07) is 24.9. The molecule has 0 aliphatic rings. The lowest BCUT2D eigenvalue weighted by molar-refractivity contribution is 0.0955. The highest BCUT2D eigenvalue weighted by atomic mass is 35.5. The Hall–Kier alpha value is -3.72. The summed E-state index contributed by atoms with van der Waals surface area (Å²) >= 11 is 7.76. The molecule has 0 fully saturated rings. The van der Waals surface area contributed by atoms with Gasteiger partial charge in [-0.2, -0.15) is 5.10 Å². The molecule has 5 aromatic rings. The predicted molar refractivity (Wildman–Crippen MR) is 143 cm³/mol. The van der Waals surface area contributed by atoms with E-state index < -0.39 is 15.9 Å². The van der Waals surface area contributed by atoms with Crippen LogP contribution >= 0.6 is 22.9 Å². The van der Waals surface area contributed by atoms with Gasteiger partial charge in [0.1, 0.15) is 4.21 Å². The number of fused-ring (bicyclic) bond motifs is 2. The quantitative estimate of drug-likeness (QED) is 0.157. The van der Waals surface area contributed by atoms with E-state index in [0.717, 1.165) is 38.4 Å². The first-order chi connectivity index (χ1) is 16.9. The molecule has 1 aromatic heterocycles. The van der Waals surface area contributed by atoms with Gasteiger partial charge in [-0.3, -0.25) is 9.52 Å². The van der Waals surface area contributed by atoms with E-state index in [9.17, 15) is 13.2 Å². The van der Waals surface area contributed by atoms with Crippen molar-refractivity contribution in [3.05, 3.63) is 106 Å². The van der Waals surface area contributed by atoms with Crippen LogP contribution in [0.15, 0.2) is 99.6 Å². The van der Waals surface area contributed by atoms with Gasteiger partial charge in [0.25, 0.3) is 15.9 Å². The number of carbonyl (C=O) groups is 1. The first-order valence-electron chi connectivity index (χ1n) is 10.5. The van der Waals surface area contributed by atoms with Crippen LogP contribution < -0.4 is 10.1 Å². The molecule has 5 rings (SSSR count). The number of sulfonamides is 1. The highest BCUT2D eigenvalue weighted by Gasteiger charge is 2.15. The summed E-state index contributed by atoms with van der Waals surface area (Å²) in [7, 11) is -3.65. The van der Waals surface area contributed by atoms with Gasteiger partial charge in [0, 0.05) is 27.6 Å². The highest BCUT2D eigenvalue weighted by molar-refractivity contribution is 7.94. The molecule has 1 amide bonds. The molecule has 174 valence electrons. The molecule has 0 spiro atoms. The van der Waals surface area contributed by atoms with Crippen molar-refractivity contribution >= 4 is 72.3 Å². The Kier molecular flexibility index (Phi) is 6.25. The molecule has 9 heteroatoms. The molecular weight excluding hydrogens is 502 g/mol. The fourth-order valence-electron chi connectivity index (χ4n) is 3.78. The Balaban J connectivity index is 1.36. The summed E-state index contributed by atoms with van der Waals surface area (Å²) in [4.78, 5) is 12.6. The largest absolute Gasteiger partial charge is 0.279 e. The van der Waals surface area contributed by atoms with Crippen molar-refractivity contribution in [2.24, 2.45) is 5.10 Å². The number of thiophene rings is 1. The SMILES string of the molecule is O=C(N/N=C/c1c2ccccc2c(Cl)c2ccccc12)c1ccc(NS(=O)(=O)c2cccs2)cc1. The Morgan fingerprint density at radius 3 is 2.00 bits per heavy atom. The fraction of sp³-hybridized carbons (Fsp3) is 0. The Morgan fingerprint density at radius 2 is 1.43 bits per heavy atom. The zero-order valence-corrected chi connectivity index (χ0v) is 20.5. The van der Waals surface area contributed by atoms with Crippen LogP contribution in [0.3, 0.4) is 0 Å². The number of hydrazone groups is 1.